The van der Waals surface area contributed by atoms with Gasteiger partial charge in [-0.15, -0.1) is 0 Å². The van der Waals surface area contributed by atoms with Crippen molar-refractivity contribution in [2.24, 2.45) is 13.0 Å². The predicted molar refractivity (Wildman–Crippen MR) is 147 cm³/mol. The molecule has 2 atom stereocenters. The molecule has 0 aliphatic carbocycles. The van der Waals surface area contributed by atoms with Crippen molar-refractivity contribution in [2.45, 2.75) is 38.5 Å². The molecule has 200 valence electrons. The number of aromatic nitrogens is 2. The Kier molecular flexibility index (Phi) is 6.95. The molecule has 2 aromatic heterocycles. The maximum Gasteiger partial charge on any atom is 0.250 e. The van der Waals surface area contributed by atoms with Crippen molar-refractivity contribution in [1.29, 1.82) is 0 Å². The van der Waals surface area contributed by atoms with E-state index in [1.165, 1.54) is 5.56 Å². The van der Waals surface area contributed by atoms with Crippen LogP contribution in [0.4, 0.5) is 0 Å². The molecule has 1 N–H and O–H groups in total. The maximum atomic E-state index is 12.8. The molecule has 2 saturated heterocycles. The summed E-state index contributed by atoms with van der Waals surface area (Å²) >= 11 is 0. The van der Waals surface area contributed by atoms with Crippen molar-refractivity contribution < 1.29 is 5.11 Å². The SMILES string of the molecule is Cn1c(CN2C[C@@H]3C[C@H](C2)c2cccc(=O)n2C3)cc(=O)c(O)c1CN1CCN(Cc2ccccc2)CC1. The van der Waals surface area contributed by atoms with E-state index in [4.69, 9.17) is 0 Å². The molecule has 0 unspecified atom stereocenters. The van der Waals surface area contributed by atoms with Crippen LogP contribution in [0.3, 0.4) is 0 Å². The zero-order valence-electron chi connectivity index (χ0n) is 22.1. The third-order valence-corrected chi connectivity index (χ3v) is 8.67. The second kappa shape index (κ2) is 10.5. The van der Waals surface area contributed by atoms with Gasteiger partial charge in [0, 0.05) is 102 Å². The third-order valence-electron chi connectivity index (χ3n) is 8.67. The first-order valence-corrected chi connectivity index (χ1v) is 13.8. The van der Waals surface area contributed by atoms with Gasteiger partial charge in [-0.05, 0) is 24.0 Å². The Hall–Kier alpha value is -3.20. The minimum atomic E-state index is -0.301. The number of aromatic hydroxyl groups is 1. The fraction of sp³-hybridized carbons (Fsp3) is 0.467. The van der Waals surface area contributed by atoms with Gasteiger partial charge in [0.25, 0.3) is 5.56 Å². The lowest BCUT2D eigenvalue weighted by Gasteiger charge is -2.43. The minimum Gasteiger partial charge on any atom is -0.503 e. The molecule has 3 aliphatic rings. The monoisotopic (exact) mass is 515 g/mol. The lowest BCUT2D eigenvalue weighted by molar-refractivity contribution is 0.110. The van der Waals surface area contributed by atoms with E-state index < -0.39 is 0 Å². The van der Waals surface area contributed by atoms with Crippen LogP contribution in [0.15, 0.2) is 64.2 Å². The van der Waals surface area contributed by atoms with Gasteiger partial charge in [0.15, 0.2) is 5.75 Å². The van der Waals surface area contributed by atoms with Gasteiger partial charge >= 0.3 is 0 Å². The topological polar surface area (TPSA) is 73.9 Å². The fourth-order valence-corrected chi connectivity index (χ4v) is 6.64. The Morgan fingerprint density at radius 2 is 1.55 bits per heavy atom. The second-order valence-electron chi connectivity index (χ2n) is 11.3. The highest BCUT2D eigenvalue weighted by Crippen LogP contribution is 2.35. The number of rotatable bonds is 6. The molecule has 2 fully saturated rings. The Morgan fingerprint density at radius 3 is 2.32 bits per heavy atom. The van der Waals surface area contributed by atoms with Gasteiger partial charge in [-0.3, -0.25) is 24.3 Å². The molecule has 1 aromatic carbocycles. The van der Waals surface area contributed by atoms with E-state index in [-0.39, 0.29) is 16.7 Å². The van der Waals surface area contributed by atoms with Crippen molar-refractivity contribution in [2.75, 3.05) is 39.3 Å². The van der Waals surface area contributed by atoms with Crippen molar-refractivity contribution in [3.8, 4) is 5.75 Å². The standard InChI is InChI=1S/C30H37N5O3/c1-31-25(20-34-17-23-14-24(19-34)26-8-5-9-29(37)35(26)18-23)15-28(36)30(38)27(31)21-33-12-10-32(11-13-33)16-22-6-3-2-4-7-22/h2-9,15,23-24,38H,10-14,16-21H2,1H3/t23-,24+/m0/s1. The largest absolute Gasteiger partial charge is 0.503 e. The van der Waals surface area contributed by atoms with E-state index in [2.05, 4.69) is 45.0 Å². The van der Waals surface area contributed by atoms with Crippen LogP contribution in [0.5, 0.6) is 5.75 Å². The molecular formula is C30H37N5O3. The molecule has 3 aromatic rings. The number of piperidine rings is 1. The van der Waals surface area contributed by atoms with Crippen LogP contribution in [-0.4, -0.2) is 68.2 Å². The summed E-state index contributed by atoms with van der Waals surface area (Å²) in [5, 5.41) is 10.7. The Morgan fingerprint density at radius 1 is 0.816 bits per heavy atom. The van der Waals surface area contributed by atoms with Crippen LogP contribution < -0.4 is 11.0 Å². The fourth-order valence-electron chi connectivity index (χ4n) is 6.64. The molecule has 0 spiro atoms. The van der Waals surface area contributed by atoms with Crippen LogP contribution >= 0.6 is 0 Å². The van der Waals surface area contributed by atoms with Crippen molar-refractivity contribution in [3.63, 3.8) is 0 Å². The highest BCUT2D eigenvalue weighted by Gasteiger charge is 2.34. The van der Waals surface area contributed by atoms with Gasteiger partial charge < -0.3 is 14.2 Å². The van der Waals surface area contributed by atoms with E-state index in [1.54, 1.807) is 12.1 Å². The Labute approximate surface area is 223 Å². The van der Waals surface area contributed by atoms with Crippen LogP contribution in [0, 0.1) is 5.92 Å². The molecule has 38 heavy (non-hydrogen) atoms. The predicted octanol–water partition coefficient (Wildman–Crippen LogP) is 2.19. The van der Waals surface area contributed by atoms with Gasteiger partial charge in [0.1, 0.15) is 0 Å². The summed E-state index contributed by atoms with van der Waals surface area (Å²) in [5.74, 6) is 0.631. The molecule has 6 rings (SSSR count). The molecule has 2 bridgehead atoms. The van der Waals surface area contributed by atoms with E-state index in [0.717, 1.165) is 70.2 Å². The molecule has 0 amide bonds. The highest BCUT2D eigenvalue weighted by atomic mass is 16.3. The molecule has 0 radical (unpaired) electrons. The first-order valence-electron chi connectivity index (χ1n) is 13.8. The lowest BCUT2D eigenvalue weighted by Crippen LogP contribution is -2.47. The third kappa shape index (κ3) is 5.08. The first kappa shape index (κ1) is 25.1. The lowest BCUT2D eigenvalue weighted by atomic mass is 9.83. The Balaban J connectivity index is 1.13. The van der Waals surface area contributed by atoms with Gasteiger partial charge in [-0.1, -0.05) is 36.4 Å². The van der Waals surface area contributed by atoms with E-state index in [1.807, 2.05) is 28.3 Å². The van der Waals surface area contributed by atoms with Gasteiger partial charge in [0.2, 0.25) is 5.43 Å². The van der Waals surface area contributed by atoms with E-state index >= 15 is 0 Å². The maximum absolute atomic E-state index is 12.8. The smallest absolute Gasteiger partial charge is 0.250 e. The first-order chi connectivity index (χ1) is 18.4. The van der Waals surface area contributed by atoms with Crippen molar-refractivity contribution in [3.05, 3.63) is 97.8 Å². The number of likely N-dealkylation sites (tertiary alicyclic amines) is 1. The summed E-state index contributed by atoms with van der Waals surface area (Å²) in [7, 11) is 1.97. The van der Waals surface area contributed by atoms with Crippen LogP contribution in [-0.2, 0) is 33.2 Å². The molecular weight excluding hydrogens is 478 g/mol. The number of fused-ring (bicyclic) bond motifs is 4. The summed E-state index contributed by atoms with van der Waals surface area (Å²) in [6.07, 6.45) is 1.11. The minimum absolute atomic E-state index is 0.0946. The van der Waals surface area contributed by atoms with Crippen molar-refractivity contribution >= 4 is 0 Å². The number of nitrogens with zero attached hydrogens (tertiary/aromatic N) is 5. The number of hydrogen-bond donors (Lipinski definition) is 1. The quantitative estimate of drug-likeness (QED) is 0.543. The summed E-state index contributed by atoms with van der Waals surface area (Å²) in [4.78, 5) is 32.4. The van der Waals surface area contributed by atoms with Gasteiger partial charge in [-0.2, -0.15) is 0 Å². The van der Waals surface area contributed by atoms with Gasteiger partial charge in [0.05, 0.1) is 5.69 Å². The van der Waals surface area contributed by atoms with E-state index in [0.29, 0.717) is 30.6 Å². The number of benzene rings is 1. The van der Waals surface area contributed by atoms with Crippen LogP contribution in [0.25, 0.3) is 0 Å². The summed E-state index contributed by atoms with van der Waals surface area (Å²) in [6.45, 7) is 8.44. The number of piperazine rings is 1. The normalized spacial score (nSPS) is 22.3. The summed E-state index contributed by atoms with van der Waals surface area (Å²) < 4.78 is 3.97. The molecule has 0 saturated carbocycles. The molecule has 5 heterocycles. The Bertz CT molecular complexity index is 1410. The van der Waals surface area contributed by atoms with Gasteiger partial charge in [-0.25, -0.2) is 0 Å². The van der Waals surface area contributed by atoms with Crippen LogP contribution in [0.2, 0.25) is 0 Å². The number of pyridine rings is 2. The van der Waals surface area contributed by atoms with E-state index in [9.17, 15) is 14.7 Å². The summed E-state index contributed by atoms with van der Waals surface area (Å²) in [6, 6.07) is 17.7. The molecule has 3 aliphatic heterocycles. The zero-order chi connectivity index (χ0) is 26.2. The average molecular weight is 516 g/mol. The molecule has 8 heteroatoms. The summed E-state index contributed by atoms with van der Waals surface area (Å²) in [5.41, 5.74) is 3.87. The zero-order valence-corrected chi connectivity index (χ0v) is 22.1. The molecule has 8 nitrogen and oxygen atoms in total. The van der Waals surface area contributed by atoms with Crippen LogP contribution in [0.1, 0.15) is 35.0 Å². The number of hydrogen-bond acceptors (Lipinski definition) is 6. The second-order valence-corrected chi connectivity index (χ2v) is 11.3. The highest BCUT2D eigenvalue weighted by molar-refractivity contribution is 5.30. The van der Waals surface area contributed by atoms with Crippen molar-refractivity contribution in [1.82, 2.24) is 23.8 Å². The average Bonchev–Trinajstić information content (AvgIpc) is 2.92.